The van der Waals surface area contributed by atoms with E-state index in [1.54, 1.807) is 0 Å². The molecule has 0 saturated heterocycles. The largest absolute Gasteiger partial charge is 0.444 e. The molecule has 0 atom stereocenters. The summed E-state index contributed by atoms with van der Waals surface area (Å²) in [6.07, 6.45) is 1.81. The van der Waals surface area contributed by atoms with Gasteiger partial charge in [-0.1, -0.05) is 25.9 Å². The fourth-order valence-electron chi connectivity index (χ4n) is 1.79. The molecule has 0 aliphatic carbocycles. The summed E-state index contributed by atoms with van der Waals surface area (Å²) in [4.78, 5) is 6.41. The predicted octanol–water partition coefficient (Wildman–Crippen LogP) is 2.90. The Morgan fingerprint density at radius 1 is 1.26 bits per heavy atom. The van der Waals surface area contributed by atoms with Crippen molar-refractivity contribution in [2.24, 2.45) is 0 Å². The van der Waals surface area contributed by atoms with E-state index in [1.165, 1.54) is 0 Å². The molecule has 0 fully saturated rings. The zero-order chi connectivity index (χ0) is 14.0. The van der Waals surface area contributed by atoms with Crippen LogP contribution in [0, 0.1) is 6.92 Å². The van der Waals surface area contributed by atoms with Crippen LogP contribution in [-0.4, -0.2) is 22.1 Å². The highest BCUT2D eigenvalue weighted by Crippen LogP contribution is 2.23. The van der Waals surface area contributed by atoms with Gasteiger partial charge in [0.1, 0.15) is 11.5 Å². The van der Waals surface area contributed by atoms with Crippen molar-refractivity contribution < 1.29 is 8.94 Å². The summed E-state index contributed by atoms with van der Waals surface area (Å²) in [5.74, 6) is 2.47. The Kier molecular flexibility index (Phi) is 3.75. The molecule has 2 heterocycles. The number of hydrogen-bond donors (Lipinski definition) is 0. The second-order valence-corrected chi connectivity index (χ2v) is 5.97. The van der Waals surface area contributed by atoms with E-state index in [0.717, 1.165) is 23.1 Å². The Balaban J connectivity index is 1.95. The highest BCUT2D eigenvalue weighted by Gasteiger charge is 2.19. The Labute approximate surface area is 113 Å². The van der Waals surface area contributed by atoms with Crippen LogP contribution in [0.2, 0.25) is 0 Å². The maximum atomic E-state index is 5.77. The third-order valence-corrected chi connectivity index (χ3v) is 2.81. The monoisotopic (exact) mass is 263 g/mol. The molecule has 0 bridgehead atoms. The van der Waals surface area contributed by atoms with Crippen LogP contribution in [-0.2, 0) is 18.5 Å². The lowest BCUT2D eigenvalue weighted by atomic mass is 9.94. The molecule has 19 heavy (non-hydrogen) atoms. The lowest BCUT2D eigenvalue weighted by Crippen LogP contribution is -2.17. The Morgan fingerprint density at radius 3 is 2.53 bits per heavy atom. The third kappa shape index (κ3) is 3.67. The molecule has 0 saturated carbocycles. The van der Waals surface area contributed by atoms with E-state index in [9.17, 15) is 0 Å². The number of hydrogen-bond acceptors (Lipinski definition) is 5. The minimum Gasteiger partial charge on any atom is -0.444 e. The number of oxazole rings is 1. The smallest absolute Gasteiger partial charge is 0.208 e. The number of aryl methyl sites for hydroxylation is 1. The number of nitrogens with zero attached hydrogens (tertiary/aromatic N) is 3. The highest BCUT2D eigenvalue weighted by atomic mass is 16.5. The van der Waals surface area contributed by atoms with Crippen molar-refractivity contribution in [2.45, 2.75) is 46.2 Å². The molecular weight excluding hydrogens is 242 g/mol. The van der Waals surface area contributed by atoms with Gasteiger partial charge in [0.25, 0.3) is 0 Å². The molecule has 0 radical (unpaired) electrons. The zero-order valence-electron chi connectivity index (χ0n) is 12.2. The Morgan fingerprint density at radius 2 is 2.00 bits per heavy atom. The maximum Gasteiger partial charge on any atom is 0.208 e. The number of rotatable bonds is 4. The first-order valence-electron chi connectivity index (χ1n) is 6.40. The lowest BCUT2D eigenvalue weighted by Gasteiger charge is -2.14. The van der Waals surface area contributed by atoms with Crippen LogP contribution < -0.4 is 0 Å². The topological polar surface area (TPSA) is 55.3 Å². The molecule has 0 N–H and O–H groups in total. The maximum absolute atomic E-state index is 5.77. The molecule has 104 valence electrons. The molecule has 2 aromatic rings. The van der Waals surface area contributed by atoms with Crippen molar-refractivity contribution >= 4 is 0 Å². The first-order valence-corrected chi connectivity index (χ1v) is 6.40. The summed E-state index contributed by atoms with van der Waals surface area (Å²) in [5, 5.41) is 3.97. The van der Waals surface area contributed by atoms with Gasteiger partial charge in [-0.25, -0.2) is 4.98 Å². The van der Waals surface area contributed by atoms with E-state index in [2.05, 4.69) is 35.8 Å². The lowest BCUT2D eigenvalue weighted by molar-refractivity contribution is 0.261. The van der Waals surface area contributed by atoms with Crippen LogP contribution in [0.1, 0.15) is 43.9 Å². The summed E-state index contributed by atoms with van der Waals surface area (Å²) < 4.78 is 10.8. The molecule has 2 rings (SSSR count). The molecule has 5 nitrogen and oxygen atoms in total. The molecule has 0 unspecified atom stereocenters. The van der Waals surface area contributed by atoms with Gasteiger partial charge in [-0.05, 0) is 14.0 Å². The van der Waals surface area contributed by atoms with Gasteiger partial charge in [0.2, 0.25) is 5.89 Å². The third-order valence-electron chi connectivity index (χ3n) is 2.81. The summed E-state index contributed by atoms with van der Waals surface area (Å²) in [5.41, 5.74) is 0.912. The van der Waals surface area contributed by atoms with Gasteiger partial charge in [0.15, 0.2) is 0 Å². The van der Waals surface area contributed by atoms with Gasteiger partial charge >= 0.3 is 0 Å². The molecule has 2 aromatic heterocycles. The number of aromatic nitrogens is 2. The molecule has 0 aliphatic rings. The fourth-order valence-corrected chi connectivity index (χ4v) is 1.79. The molecular formula is C14H21N3O2. The summed E-state index contributed by atoms with van der Waals surface area (Å²) in [6, 6.07) is 1.94. The fraction of sp³-hybridized carbons (Fsp3) is 0.571. The first-order chi connectivity index (χ1) is 8.84. The Hall–Kier alpha value is -1.62. The van der Waals surface area contributed by atoms with Crippen molar-refractivity contribution in [3.05, 3.63) is 35.4 Å². The van der Waals surface area contributed by atoms with Crippen LogP contribution in [0.5, 0.6) is 0 Å². The molecule has 0 aromatic carbocycles. The summed E-state index contributed by atoms with van der Waals surface area (Å²) in [7, 11) is 2.00. The molecule has 0 spiro atoms. The minimum absolute atomic E-state index is 0.00690. The van der Waals surface area contributed by atoms with Crippen LogP contribution in [0.4, 0.5) is 0 Å². The molecule has 0 amide bonds. The van der Waals surface area contributed by atoms with Gasteiger partial charge in [-0.2, -0.15) is 0 Å². The normalized spacial score (nSPS) is 12.3. The van der Waals surface area contributed by atoms with Gasteiger partial charge in [0, 0.05) is 18.0 Å². The van der Waals surface area contributed by atoms with Crippen LogP contribution in [0.3, 0.4) is 0 Å². The highest BCUT2D eigenvalue weighted by molar-refractivity contribution is 5.06. The zero-order valence-corrected chi connectivity index (χ0v) is 12.2. The van der Waals surface area contributed by atoms with Crippen molar-refractivity contribution in [3.8, 4) is 0 Å². The SMILES string of the molecule is Cc1cc(CN(C)Cc2ncc(C(C)(C)C)o2)no1. The predicted molar refractivity (Wildman–Crippen MR) is 71.6 cm³/mol. The average molecular weight is 263 g/mol. The van der Waals surface area contributed by atoms with Gasteiger partial charge < -0.3 is 8.94 Å². The van der Waals surface area contributed by atoms with Crippen LogP contribution in [0.25, 0.3) is 0 Å². The van der Waals surface area contributed by atoms with Gasteiger partial charge in [-0.15, -0.1) is 0 Å². The van der Waals surface area contributed by atoms with Crippen LogP contribution in [0.15, 0.2) is 21.2 Å². The average Bonchev–Trinajstić information content (AvgIpc) is 2.87. The van der Waals surface area contributed by atoms with Crippen LogP contribution >= 0.6 is 0 Å². The van der Waals surface area contributed by atoms with E-state index in [-0.39, 0.29) is 5.41 Å². The Bertz CT molecular complexity index is 537. The van der Waals surface area contributed by atoms with E-state index in [0.29, 0.717) is 13.1 Å². The van der Waals surface area contributed by atoms with Gasteiger partial charge in [0.05, 0.1) is 18.4 Å². The van der Waals surface area contributed by atoms with Crippen molar-refractivity contribution in [1.82, 2.24) is 15.0 Å². The van der Waals surface area contributed by atoms with Gasteiger partial charge in [-0.3, -0.25) is 4.90 Å². The minimum atomic E-state index is -0.00690. The second kappa shape index (κ2) is 5.17. The van der Waals surface area contributed by atoms with E-state index in [1.807, 2.05) is 26.2 Å². The standard InChI is InChI=1S/C14H21N3O2/c1-10-6-11(16-19-10)8-17(5)9-13-15-7-12(18-13)14(2,3)4/h6-7H,8-9H2,1-5H3. The van der Waals surface area contributed by atoms with E-state index < -0.39 is 0 Å². The van der Waals surface area contributed by atoms with Crippen molar-refractivity contribution in [2.75, 3.05) is 7.05 Å². The van der Waals surface area contributed by atoms with Crippen molar-refractivity contribution in [3.63, 3.8) is 0 Å². The van der Waals surface area contributed by atoms with E-state index >= 15 is 0 Å². The summed E-state index contributed by atoms with van der Waals surface area (Å²) in [6.45, 7) is 9.59. The molecule has 0 aliphatic heterocycles. The first kappa shape index (κ1) is 13.8. The molecule has 5 heteroatoms. The van der Waals surface area contributed by atoms with Crippen molar-refractivity contribution in [1.29, 1.82) is 0 Å². The second-order valence-electron chi connectivity index (χ2n) is 5.97. The quantitative estimate of drug-likeness (QED) is 0.849. The van der Waals surface area contributed by atoms with E-state index in [4.69, 9.17) is 8.94 Å². The summed E-state index contributed by atoms with van der Waals surface area (Å²) >= 11 is 0.